The van der Waals surface area contributed by atoms with Gasteiger partial charge in [-0.1, -0.05) is 0 Å². The Morgan fingerprint density at radius 2 is 1.74 bits per heavy atom. The maximum absolute atomic E-state index is 13.7. The number of nitrogens with zero attached hydrogens (tertiary/aromatic N) is 3. The first-order valence-electron chi connectivity index (χ1n) is 10.7. The molecule has 4 rings (SSSR count). The van der Waals surface area contributed by atoms with E-state index in [1.807, 2.05) is 0 Å². The zero-order valence-corrected chi connectivity index (χ0v) is 18.5. The minimum Gasteiger partial charge on any atom is -0.336 e. The minimum atomic E-state index is -3.05. The molecule has 3 N–H and O–H groups in total. The maximum atomic E-state index is 13.7. The Hall–Kier alpha value is -3.58. The quantitative estimate of drug-likeness (QED) is 0.338. The number of aromatic amines is 1. The number of hydrogen-bond acceptors (Lipinski definition) is 5. The highest BCUT2D eigenvalue weighted by Crippen LogP contribution is 2.51. The normalized spacial score (nSPS) is 24.5. The molecule has 188 valence electrons. The van der Waals surface area contributed by atoms with Gasteiger partial charge in [-0.05, 0) is 20.3 Å². The van der Waals surface area contributed by atoms with E-state index in [2.05, 4.69) is 26.0 Å². The van der Waals surface area contributed by atoms with Gasteiger partial charge in [0.05, 0.1) is 17.7 Å². The summed E-state index contributed by atoms with van der Waals surface area (Å²) in [7, 11) is 0. The van der Waals surface area contributed by atoms with Gasteiger partial charge in [0, 0.05) is 42.7 Å². The third-order valence-electron chi connectivity index (χ3n) is 6.49. The number of hydrogen-bond donors (Lipinski definition) is 3. The molecule has 3 amide bonds. The Morgan fingerprint density at radius 1 is 1.11 bits per heavy atom. The first-order chi connectivity index (χ1) is 16.3. The van der Waals surface area contributed by atoms with E-state index in [4.69, 9.17) is 0 Å². The van der Waals surface area contributed by atoms with E-state index < -0.39 is 77.5 Å². The summed E-state index contributed by atoms with van der Waals surface area (Å²) < 4.78 is 67.4. The van der Waals surface area contributed by atoms with Gasteiger partial charge in [0.2, 0.25) is 5.91 Å². The Kier molecular flexibility index (Phi) is 6.01. The van der Waals surface area contributed by atoms with Crippen molar-refractivity contribution in [2.45, 2.75) is 56.7 Å². The number of nitrogens with one attached hydrogen (secondary N) is 3. The molecular weight excluding hydrogens is 479 g/mol. The van der Waals surface area contributed by atoms with Gasteiger partial charge in [0.25, 0.3) is 5.92 Å². The second-order valence-electron chi connectivity index (χ2n) is 8.99. The number of likely N-dealkylation sites (tertiary alicyclic amines) is 1. The summed E-state index contributed by atoms with van der Waals surface area (Å²) in [6.45, 7) is 3.10. The maximum Gasteiger partial charge on any atom is 0.312 e. The number of carbonyl (C=O) groups is 3. The van der Waals surface area contributed by atoms with Crippen molar-refractivity contribution >= 4 is 23.4 Å². The second kappa shape index (κ2) is 8.57. The van der Waals surface area contributed by atoms with Crippen molar-refractivity contribution in [1.82, 2.24) is 25.6 Å². The predicted molar refractivity (Wildman–Crippen MR) is 109 cm³/mol. The van der Waals surface area contributed by atoms with E-state index in [0.29, 0.717) is 12.1 Å². The monoisotopic (exact) mass is 500 g/mol. The van der Waals surface area contributed by atoms with Gasteiger partial charge >= 0.3 is 11.8 Å². The summed E-state index contributed by atoms with van der Waals surface area (Å²) in [6.07, 6.45) is -0.216. The molecule has 14 heteroatoms. The second-order valence-corrected chi connectivity index (χ2v) is 8.99. The van der Waals surface area contributed by atoms with Gasteiger partial charge in [-0.3, -0.25) is 14.4 Å². The molecule has 35 heavy (non-hydrogen) atoms. The number of benzene rings is 1. The van der Waals surface area contributed by atoms with Crippen molar-refractivity contribution < 1.29 is 36.3 Å². The smallest absolute Gasteiger partial charge is 0.312 e. The highest BCUT2D eigenvalue weighted by Gasteiger charge is 2.60. The third-order valence-corrected chi connectivity index (χ3v) is 6.49. The molecule has 1 aliphatic carbocycles. The van der Waals surface area contributed by atoms with Crippen LogP contribution in [-0.2, 0) is 19.9 Å². The van der Waals surface area contributed by atoms with Crippen LogP contribution in [0.15, 0.2) is 18.3 Å². The van der Waals surface area contributed by atoms with E-state index >= 15 is 0 Å². The summed E-state index contributed by atoms with van der Waals surface area (Å²) in [5.41, 5.74) is -1.82. The van der Waals surface area contributed by atoms with Crippen LogP contribution < -0.4 is 10.6 Å². The van der Waals surface area contributed by atoms with Crippen molar-refractivity contribution in [2.75, 3.05) is 5.32 Å². The topological polar surface area (TPSA) is 120 Å². The number of amides is 3. The summed E-state index contributed by atoms with van der Waals surface area (Å²) in [6, 6.07) is -0.170. The molecule has 2 aromatic rings. The molecule has 0 unspecified atom stereocenters. The summed E-state index contributed by atoms with van der Waals surface area (Å²) in [4.78, 5) is 39.7. The molecule has 2 heterocycles. The molecule has 1 aromatic heterocycles. The zero-order chi connectivity index (χ0) is 25.7. The molecule has 3 atom stereocenters. The summed E-state index contributed by atoms with van der Waals surface area (Å²) >= 11 is 0. The number of rotatable bonds is 4. The van der Waals surface area contributed by atoms with Crippen LogP contribution in [0.5, 0.6) is 0 Å². The average molecular weight is 500 g/mol. The number of alkyl halides is 2. The number of H-pyrrole nitrogens is 1. The SMILES string of the molecule is C[C@@H]1C[C@H](C(=O)Nc2cc(F)c(F)c(F)c2)[C@H](C)N1C(=O)C(=O)NC1(c2cn[nH]n2)CC(F)(F)C1. The fourth-order valence-corrected chi connectivity index (χ4v) is 4.83. The number of halogens is 5. The zero-order valence-electron chi connectivity index (χ0n) is 18.5. The Balaban J connectivity index is 1.46. The molecule has 0 radical (unpaired) electrons. The molecule has 1 saturated carbocycles. The van der Waals surface area contributed by atoms with Crippen molar-refractivity contribution in [3.05, 3.63) is 41.5 Å². The number of anilines is 1. The number of carbonyl (C=O) groups excluding carboxylic acids is 3. The van der Waals surface area contributed by atoms with Crippen LogP contribution in [-0.4, -0.2) is 56.0 Å². The molecule has 0 spiro atoms. The fraction of sp³-hybridized carbons (Fsp3) is 0.476. The molecule has 1 aliphatic heterocycles. The molecule has 2 aliphatic rings. The largest absolute Gasteiger partial charge is 0.336 e. The number of aromatic nitrogens is 3. The van der Waals surface area contributed by atoms with Crippen LogP contribution >= 0.6 is 0 Å². The van der Waals surface area contributed by atoms with Crippen LogP contribution in [0.2, 0.25) is 0 Å². The van der Waals surface area contributed by atoms with Gasteiger partial charge in [0.15, 0.2) is 17.5 Å². The molecule has 1 saturated heterocycles. The van der Waals surface area contributed by atoms with Crippen LogP contribution in [0.25, 0.3) is 0 Å². The Bertz CT molecular complexity index is 1140. The minimum absolute atomic E-state index is 0.0584. The molecule has 0 bridgehead atoms. The average Bonchev–Trinajstić information content (AvgIpc) is 3.38. The Morgan fingerprint density at radius 3 is 2.29 bits per heavy atom. The lowest BCUT2D eigenvalue weighted by atomic mass is 9.71. The van der Waals surface area contributed by atoms with Crippen molar-refractivity contribution in [3.8, 4) is 0 Å². The highest BCUT2D eigenvalue weighted by atomic mass is 19.3. The van der Waals surface area contributed by atoms with E-state index in [-0.39, 0.29) is 17.8 Å². The van der Waals surface area contributed by atoms with E-state index in [1.54, 1.807) is 6.92 Å². The highest BCUT2D eigenvalue weighted by molar-refractivity contribution is 6.35. The van der Waals surface area contributed by atoms with Crippen LogP contribution in [0.3, 0.4) is 0 Å². The Labute approximate surface area is 195 Å². The van der Waals surface area contributed by atoms with E-state index in [9.17, 15) is 36.3 Å². The van der Waals surface area contributed by atoms with Gasteiger partial charge in [0.1, 0.15) is 5.69 Å². The van der Waals surface area contributed by atoms with Crippen molar-refractivity contribution in [2.24, 2.45) is 5.92 Å². The van der Waals surface area contributed by atoms with Gasteiger partial charge in [-0.15, -0.1) is 0 Å². The summed E-state index contributed by atoms with van der Waals surface area (Å²) in [5, 5.41) is 14.3. The van der Waals surface area contributed by atoms with Crippen LogP contribution in [0.4, 0.5) is 27.6 Å². The lowest BCUT2D eigenvalue weighted by Gasteiger charge is -2.46. The molecule has 1 aromatic carbocycles. The van der Waals surface area contributed by atoms with Crippen molar-refractivity contribution in [1.29, 1.82) is 0 Å². The fourth-order valence-electron chi connectivity index (χ4n) is 4.83. The van der Waals surface area contributed by atoms with Gasteiger partial charge < -0.3 is 15.5 Å². The third kappa shape index (κ3) is 4.44. The van der Waals surface area contributed by atoms with Gasteiger partial charge in [-0.2, -0.15) is 15.4 Å². The lowest BCUT2D eigenvalue weighted by Crippen LogP contribution is -2.62. The first kappa shape index (κ1) is 24.5. The molecule has 9 nitrogen and oxygen atoms in total. The summed E-state index contributed by atoms with van der Waals surface area (Å²) in [5.74, 6) is -11.4. The van der Waals surface area contributed by atoms with Gasteiger partial charge in [-0.25, -0.2) is 22.0 Å². The van der Waals surface area contributed by atoms with E-state index in [1.165, 1.54) is 13.1 Å². The standard InChI is InChI=1S/C21H21F5N6O3/c1-9-3-12(17(33)28-11-4-13(22)16(24)14(23)5-11)10(2)32(9)19(35)18(34)29-20(7-21(25,26)8-20)15-6-27-31-30-15/h4-6,9-10,12H,3,7-8H2,1-2H3,(H,28,33)(H,29,34)(H,27,30,31)/t9-,10+,12+/m1/s1. The van der Waals surface area contributed by atoms with Crippen molar-refractivity contribution in [3.63, 3.8) is 0 Å². The first-order valence-corrected chi connectivity index (χ1v) is 10.7. The lowest BCUT2D eigenvalue weighted by molar-refractivity contribution is -0.160. The molecular formula is C21H21F5N6O3. The van der Waals surface area contributed by atoms with Crippen LogP contribution in [0, 0.1) is 23.4 Å². The molecule has 2 fully saturated rings. The van der Waals surface area contributed by atoms with E-state index in [0.717, 1.165) is 4.90 Å². The predicted octanol–water partition coefficient (Wildman–Crippen LogP) is 2.23. The van der Waals surface area contributed by atoms with Crippen LogP contribution in [0.1, 0.15) is 38.8 Å².